The van der Waals surface area contributed by atoms with Crippen LogP contribution in [0.5, 0.6) is 17.2 Å². The molecular formula is C18H19ClN2O5. The molecule has 26 heavy (non-hydrogen) atoms. The van der Waals surface area contributed by atoms with Crippen LogP contribution in [0.2, 0.25) is 5.02 Å². The summed E-state index contributed by atoms with van der Waals surface area (Å²) in [7, 11) is 1.51. The number of para-hydroxylation sites is 1. The lowest BCUT2D eigenvalue weighted by Crippen LogP contribution is -2.45. The molecule has 0 atom stereocenters. The number of amides is 2. The van der Waals surface area contributed by atoms with Crippen LogP contribution in [0.3, 0.4) is 0 Å². The summed E-state index contributed by atoms with van der Waals surface area (Å²) in [4.78, 5) is 23.5. The molecule has 0 spiro atoms. The molecule has 0 aliphatic heterocycles. The van der Waals surface area contributed by atoms with Crippen molar-refractivity contribution in [2.24, 2.45) is 0 Å². The third-order valence-corrected chi connectivity index (χ3v) is 3.53. The zero-order valence-corrected chi connectivity index (χ0v) is 15.1. The van der Waals surface area contributed by atoms with Gasteiger partial charge in [-0.3, -0.25) is 20.4 Å². The predicted octanol–water partition coefficient (Wildman–Crippen LogP) is 2.26. The summed E-state index contributed by atoms with van der Waals surface area (Å²) in [6, 6.07) is 12.1. The van der Waals surface area contributed by atoms with E-state index >= 15 is 0 Å². The summed E-state index contributed by atoms with van der Waals surface area (Å²) in [6.45, 7) is 1.33. The predicted molar refractivity (Wildman–Crippen MR) is 96.5 cm³/mol. The first kappa shape index (κ1) is 19.4. The fourth-order valence-corrected chi connectivity index (χ4v) is 2.14. The molecule has 7 nitrogen and oxygen atoms in total. The lowest BCUT2D eigenvalue weighted by molar-refractivity contribution is -0.131. The second-order valence-electron chi connectivity index (χ2n) is 5.26. The third-order valence-electron chi connectivity index (χ3n) is 3.21. The van der Waals surface area contributed by atoms with Crippen LogP contribution in [-0.2, 0) is 9.59 Å². The molecule has 0 aliphatic carbocycles. The molecule has 2 N–H and O–H groups in total. The summed E-state index contributed by atoms with van der Waals surface area (Å²) >= 11 is 5.92. The zero-order valence-electron chi connectivity index (χ0n) is 14.4. The monoisotopic (exact) mass is 378 g/mol. The average Bonchev–Trinajstić information content (AvgIpc) is 2.64. The highest BCUT2D eigenvalue weighted by atomic mass is 35.5. The highest BCUT2D eigenvalue weighted by Crippen LogP contribution is 2.27. The van der Waals surface area contributed by atoms with E-state index in [1.54, 1.807) is 36.4 Å². The van der Waals surface area contributed by atoms with Crippen molar-refractivity contribution in [2.45, 2.75) is 6.92 Å². The number of methoxy groups -OCH3 is 1. The minimum Gasteiger partial charge on any atom is -0.493 e. The van der Waals surface area contributed by atoms with Crippen LogP contribution >= 0.6 is 11.6 Å². The van der Waals surface area contributed by atoms with Crippen molar-refractivity contribution < 1.29 is 23.8 Å². The number of ether oxygens (including phenoxy) is 3. The first-order chi connectivity index (χ1) is 12.5. The van der Waals surface area contributed by atoms with Crippen LogP contribution in [0.4, 0.5) is 0 Å². The van der Waals surface area contributed by atoms with E-state index in [0.717, 1.165) is 5.56 Å². The largest absolute Gasteiger partial charge is 0.493 e. The number of aryl methyl sites for hydroxylation is 1. The molecule has 0 aromatic heterocycles. The number of carbonyl (C=O) groups is 2. The molecule has 2 amide bonds. The minimum absolute atomic E-state index is 0.287. The minimum atomic E-state index is -0.536. The zero-order chi connectivity index (χ0) is 18.9. The first-order valence-corrected chi connectivity index (χ1v) is 8.10. The Bertz CT molecular complexity index is 782. The van der Waals surface area contributed by atoms with E-state index in [2.05, 4.69) is 10.9 Å². The number of hydrogen-bond acceptors (Lipinski definition) is 5. The van der Waals surface area contributed by atoms with Gasteiger partial charge in [-0.2, -0.15) is 0 Å². The molecular weight excluding hydrogens is 360 g/mol. The molecule has 0 radical (unpaired) electrons. The van der Waals surface area contributed by atoms with Crippen molar-refractivity contribution in [3.8, 4) is 17.2 Å². The van der Waals surface area contributed by atoms with Gasteiger partial charge in [0.15, 0.2) is 24.7 Å². The van der Waals surface area contributed by atoms with Crippen LogP contribution in [0.1, 0.15) is 5.56 Å². The molecule has 0 unspecified atom stereocenters. The van der Waals surface area contributed by atoms with E-state index in [9.17, 15) is 9.59 Å². The van der Waals surface area contributed by atoms with Gasteiger partial charge in [0, 0.05) is 0 Å². The van der Waals surface area contributed by atoms with E-state index in [1.165, 1.54) is 7.11 Å². The number of halogens is 1. The second kappa shape index (κ2) is 9.53. The Kier molecular flexibility index (Phi) is 7.11. The molecule has 0 heterocycles. The van der Waals surface area contributed by atoms with Crippen molar-refractivity contribution in [3.63, 3.8) is 0 Å². The number of hydrogen-bond donors (Lipinski definition) is 2. The van der Waals surface area contributed by atoms with Gasteiger partial charge >= 0.3 is 0 Å². The number of hydrazine groups is 1. The first-order valence-electron chi connectivity index (χ1n) is 7.72. The summed E-state index contributed by atoms with van der Waals surface area (Å²) < 4.78 is 15.8. The fraction of sp³-hybridized carbons (Fsp3) is 0.222. The molecule has 0 aliphatic rings. The lowest BCUT2D eigenvalue weighted by Gasteiger charge is -2.12. The summed E-state index contributed by atoms with van der Waals surface area (Å²) in [6.07, 6.45) is 0. The summed E-state index contributed by atoms with van der Waals surface area (Å²) in [5.41, 5.74) is 5.47. The van der Waals surface area contributed by atoms with Gasteiger partial charge in [0.2, 0.25) is 0 Å². The van der Waals surface area contributed by atoms with E-state index in [4.69, 9.17) is 25.8 Å². The van der Waals surface area contributed by atoms with Gasteiger partial charge in [-0.15, -0.1) is 0 Å². The fourth-order valence-electron chi connectivity index (χ4n) is 1.95. The molecule has 0 saturated carbocycles. The Morgan fingerprint density at radius 2 is 1.54 bits per heavy atom. The Balaban J connectivity index is 1.73. The highest BCUT2D eigenvalue weighted by molar-refractivity contribution is 6.32. The quantitative estimate of drug-likeness (QED) is 0.722. The molecule has 2 aromatic rings. The van der Waals surface area contributed by atoms with Gasteiger partial charge in [-0.1, -0.05) is 29.8 Å². The maximum absolute atomic E-state index is 11.8. The van der Waals surface area contributed by atoms with Crippen molar-refractivity contribution in [3.05, 3.63) is 53.1 Å². The van der Waals surface area contributed by atoms with Crippen LogP contribution < -0.4 is 25.1 Å². The van der Waals surface area contributed by atoms with Gasteiger partial charge in [0.25, 0.3) is 11.8 Å². The van der Waals surface area contributed by atoms with Gasteiger partial charge < -0.3 is 14.2 Å². The Labute approximate surface area is 156 Å². The Morgan fingerprint density at radius 1 is 0.923 bits per heavy atom. The van der Waals surface area contributed by atoms with Gasteiger partial charge in [-0.25, -0.2) is 0 Å². The third kappa shape index (κ3) is 5.86. The molecule has 8 heteroatoms. The lowest BCUT2D eigenvalue weighted by atomic mass is 10.2. The number of rotatable bonds is 7. The maximum atomic E-state index is 11.8. The van der Waals surface area contributed by atoms with Crippen LogP contribution in [0.25, 0.3) is 0 Å². The van der Waals surface area contributed by atoms with Crippen LogP contribution in [0, 0.1) is 6.92 Å². The highest BCUT2D eigenvalue weighted by Gasteiger charge is 2.10. The molecule has 2 aromatic carbocycles. The normalized spacial score (nSPS) is 9.96. The van der Waals surface area contributed by atoms with Crippen LogP contribution in [0.15, 0.2) is 42.5 Å². The summed E-state index contributed by atoms with van der Waals surface area (Å²) in [5.74, 6) is 0.270. The molecule has 138 valence electrons. The van der Waals surface area contributed by atoms with E-state index in [0.29, 0.717) is 22.3 Å². The van der Waals surface area contributed by atoms with Crippen molar-refractivity contribution in [2.75, 3.05) is 20.3 Å². The average molecular weight is 379 g/mol. The maximum Gasteiger partial charge on any atom is 0.276 e. The SMILES string of the molecule is COc1cc(C)ccc1OCC(=O)NNC(=O)COc1ccccc1Cl. The van der Waals surface area contributed by atoms with E-state index in [1.807, 2.05) is 13.0 Å². The van der Waals surface area contributed by atoms with Crippen molar-refractivity contribution >= 4 is 23.4 Å². The standard InChI is InChI=1S/C18H19ClN2O5/c1-12-7-8-15(16(9-12)24-2)26-11-18(23)21-20-17(22)10-25-14-6-4-3-5-13(14)19/h3-9H,10-11H2,1-2H3,(H,20,22)(H,21,23). The molecule has 0 bridgehead atoms. The van der Waals surface area contributed by atoms with E-state index < -0.39 is 11.8 Å². The number of benzene rings is 2. The Hall–Kier alpha value is -2.93. The van der Waals surface area contributed by atoms with Gasteiger partial charge in [-0.05, 0) is 36.8 Å². The smallest absolute Gasteiger partial charge is 0.276 e. The summed E-state index contributed by atoms with van der Waals surface area (Å²) in [5, 5.41) is 0.393. The van der Waals surface area contributed by atoms with Crippen molar-refractivity contribution in [1.29, 1.82) is 0 Å². The topological polar surface area (TPSA) is 85.9 Å². The molecule has 0 saturated heterocycles. The number of carbonyl (C=O) groups excluding carboxylic acids is 2. The molecule has 0 fully saturated rings. The van der Waals surface area contributed by atoms with Crippen LogP contribution in [-0.4, -0.2) is 32.1 Å². The Morgan fingerprint density at radius 3 is 2.15 bits per heavy atom. The van der Waals surface area contributed by atoms with Gasteiger partial charge in [0.1, 0.15) is 5.75 Å². The van der Waals surface area contributed by atoms with E-state index in [-0.39, 0.29) is 13.2 Å². The number of nitrogens with one attached hydrogen (secondary N) is 2. The van der Waals surface area contributed by atoms with Crippen molar-refractivity contribution in [1.82, 2.24) is 10.9 Å². The molecule has 2 rings (SSSR count). The second-order valence-corrected chi connectivity index (χ2v) is 5.67. The van der Waals surface area contributed by atoms with Gasteiger partial charge in [0.05, 0.1) is 12.1 Å².